The van der Waals surface area contributed by atoms with Gasteiger partial charge in [-0.2, -0.15) is 0 Å². The Kier molecular flexibility index (Phi) is 5.86. The largest absolute Gasteiger partial charge is 0.381 e. The molecule has 1 aliphatic heterocycles. The molecule has 4 rings (SSSR count). The first-order valence-electron chi connectivity index (χ1n) is 10.3. The first kappa shape index (κ1) is 18.9. The summed E-state index contributed by atoms with van der Waals surface area (Å²) < 4.78 is 5.44. The maximum Gasteiger partial charge on any atom is 0.225 e. The zero-order valence-electron chi connectivity index (χ0n) is 16.5. The highest BCUT2D eigenvalue weighted by Crippen LogP contribution is 2.24. The van der Waals surface area contributed by atoms with E-state index in [0.717, 1.165) is 36.9 Å². The lowest BCUT2D eigenvalue weighted by Crippen LogP contribution is -2.37. The van der Waals surface area contributed by atoms with Gasteiger partial charge in [-0.15, -0.1) is 0 Å². The molecule has 2 aromatic rings. The van der Waals surface area contributed by atoms with E-state index in [1.54, 1.807) is 0 Å². The molecule has 2 aliphatic rings. The van der Waals surface area contributed by atoms with Gasteiger partial charge in [-0.1, -0.05) is 31.2 Å². The van der Waals surface area contributed by atoms with Gasteiger partial charge in [0.05, 0.1) is 18.7 Å². The van der Waals surface area contributed by atoms with E-state index in [1.165, 1.54) is 11.1 Å². The van der Waals surface area contributed by atoms with Crippen LogP contribution < -0.4 is 5.32 Å². The summed E-state index contributed by atoms with van der Waals surface area (Å²) >= 11 is 0. The van der Waals surface area contributed by atoms with Gasteiger partial charge in [0.2, 0.25) is 11.9 Å². The summed E-state index contributed by atoms with van der Waals surface area (Å²) in [5, 5.41) is 3.49. The molecule has 0 unspecified atom stereocenters. The van der Waals surface area contributed by atoms with Crippen molar-refractivity contribution in [3.8, 4) is 0 Å². The summed E-state index contributed by atoms with van der Waals surface area (Å²) in [5.74, 6) is 0.844. The highest BCUT2D eigenvalue weighted by molar-refractivity contribution is 5.76. The molecule has 6 heteroatoms. The van der Waals surface area contributed by atoms with Gasteiger partial charge in [-0.05, 0) is 30.4 Å². The van der Waals surface area contributed by atoms with Gasteiger partial charge < -0.3 is 15.0 Å². The minimum absolute atomic E-state index is 0.146. The van der Waals surface area contributed by atoms with Crippen LogP contribution >= 0.6 is 0 Å². The molecule has 6 nitrogen and oxygen atoms in total. The van der Waals surface area contributed by atoms with E-state index < -0.39 is 0 Å². The van der Waals surface area contributed by atoms with Crippen molar-refractivity contribution in [3.05, 3.63) is 52.8 Å². The van der Waals surface area contributed by atoms with Crippen LogP contribution in [0.4, 0.5) is 5.95 Å². The van der Waals surface area contributed by atoms with Crippen molar-refractivity contribution in [3.63, 3.8) is 0 Å². The van der Waals surface area contributed by atoms with E-state index in [2.05, 4.69) is 41.5 Å². The minimum atomic E-state index is 0.146. The van der Waals surface area contributed by atoms with E-state index in [0.29, 0.717) is 44.7 Å². The molecule has 0 radical (unpaired) electrons. The van der Waals surface area contributed by atoms with Crippen molar-refractivity contribution < 1.29 is 9.53 Å². The molecule has 1 amide bonds. The predicted octanol–water partition coefficient (Wildman–Crippen LogP) is 2.76. The Morgan fingerprint density at radius 1 is 1.21 bits per heavy atom. The fourth-order valence-electron chi connectivity index (χ4n) is 4.01. The molecule has 0 bridgehead atoms. The van der Waals surface area contributed by atoms with Crippen LogP contribution in [0.5, 0.6) is 0 Å². The van der Waals surface area contributed by atoms with E-state index in [-0.39, 0.29) is 5.91 Å². The summed E-state index contributed by atoms with van der Waals surface area (Å²) in [4.78, 5) is 23.5. The van der Waals surface area contributed by atoms with Crippen LogP contribution in [0.1, 0.15) is 42.1 Å². The van der Waals surface area contributed by atoms with E-state index in [1.807, 2.05) is 11.1 Å². The summed E-state index contributed by atoms with van der Waals surface area (Å²) in [5.41, 5.74) is 4.93. The number of amides is 1. The molecule has 0 atom stereocenters. The average molecular weight is 380 g/mol. The number of fused-ring (bicyclic) bond motifs is 2. The third-order valence-electron chi connectivity index (χ3n) is 5.48. The van der Waals surface area contributed by atoms with Crippen molar-refractivity contribution in [2.75, 3.05) is 25.1 Å². The van der Waals surface area contributed by atoms with Gasteiger partial charge >= 0.3 is 0 Å². The Bertz CT molecular complexity index is 814. The molecule has 1 N–H and O–H groups in total. The first-order chi connectivity index (χ1) is 13.7. The second kappa shape index (κ2) is 8.69. The van der Waals surface area contributed by atoms with Crippen molar-refractivity contribution in [1.29, 1.82) is 0 Å². The van der Waals surface area contributed by atoms with Crippen LogP contribution in [0, 0.1) is 0 Å². The quantitative estimate of drug-likeness (QED) is 0.748. The zero-order chi connectivity index (χ0) is 19.3. The smallest absolute Gasteiger partial charge is 0.225 e. The molecule has 148 valence electrons. The fraction of sp³-hybridized carbons (Fsp3) is 0.500. The molecule has 1 aromatic heterocycles. The van der Waals surface area contributed by atoms with Crippen LogP contribution in [0.2, 0.25) is 0 Å². The number of anilines is 1. The highest BCUT2D eigenvalue weighted by atomic mass is 16.5. The van der Waals surface area contributed by atoms with Gasteiger partial charge in [-0.25, -0.2) is 9.97 Å². The summed E-state index contributed by atoms with van der Waals surface area (Å²) in [6, 6.07) is 8.94. The Labute approximate surface area is 166 Å². The van der Waals surface area contributed by atoms with E-state index >= 15 is 0 Å². The third-order valence-corrected chi connectivity index (χ3v) is 5.48. The average Bonchev–Trinajstić information content (AvgIpc) is 3.13. The number of hydrogen-bond acceptors (Lipinski definition) is 5. The van der Waals surface area contributed by atoms with E-state index in [9.17, 15) is 4.79 Å². The van der Waals surface area contributed by atoms with Gasteiger partial charge in [0.1, 0.15) is 0 Å². The standard InChI is InChI=1S/C22H28N4O2/c1-2-10-28-11-8-21(27)26-9-7-20-18(15-26)14-23-22(25-20)24-19-12-16-5-3-4-6-17(16)13-19/h3-6,14,19H,2,7-13,15H2,1H3,(H,23,24,25). The minimum Gasteiger partial charge on any atom is -0.381 e. The van der Waals surface area contributed by atoms with Crippen molar-refractivity contribution in [1.82, 2.24) is 14.9 Å². The Morgan fingerprint density at radius 3 is 2.75 bits per heavy atom. The Morgan fingerprint density at radius 2 is 2.00 bits per heavy atom. The molecule has 0 fully saturated rings. The number of nitrogens with one attached hydrogen (secondary N) is 1. The topological polar surface area (TPSA) is 67.3 Å². The number of benzene rings is 1. The molecule has 0 saturated heterocycles. The van der Waals surface area contributed by atoms with Crippen LogP contribution in [-0.4, -0.2) is 46.6 Å². The van der Waals surface area contributed by atoms with Crippen molar-refractivity contribution >= 4 is 11.9 Å². The van der Waals surface area contributed by atoms with Crippen molar-refractivity contribution in [2.24, 2.45) is 0 Å². The van der Waals surface area contributed by atoms with E-state index in [4.69, 9.17) is 9.72 Å². The maximum atomic E-state index is 12.4. The number of carbonyl (C=O) groups is 1. The molecule has 0 saturated carbocycles. The zero-order valence-corrected chi connectivity index (χ0v) is 16.5. The Hall–Kier alpha value is -2.47. The van der Waals surface area contributed by atoms with Crippen LogP contribution in [0.25, 0.3) is 0 Å². The monoisotopic (exact) mass is 380 g/mol. The molecular weight excluding hydrogens is 352 g/mol. The van der Waals surface area contributed by atoms with Crippen LogP contribution in [-0.2, 0) is 35.3 Å². The van der Waals surface area contributed by atoms with Crippen molar-refractivity contribution in [2.45, 2.75) is 51.6 Å². The maximum absolute atomic E-state index is 12.4. The fourth-order valence-corrected chi connectivity index (χ4v) is 4.01. The molecule has 1 aliphatic carbocycles. The van der Waals surface area contributed by atoms with Gasteiger partial charge in [0.25, 0.3) is 0 Å². The van der Waals surface area contributed by atoms with Crippen LogP contribution in [0.15, 0.2) is 30.5 Å². The van der Waals surface area contributed by atoms with Gasteiger partial charge in [-0.3, -0.25) is 4.79 Å². The van der Waals surface area contributed by atoms with Gasteiger partial charge in [0.15, 0.2) is 0 Å². The molecule has 2 heterocycles. The van der Waals surface area contributed by atoms with Crippen LogP contribution in [0.3, 0.4) is 0 Å². The number of carbonyl (C=O) groups excluding carboxylic acids is 1. The van der Waals surface area contributed by atoms with Gasteiger partial charge in [0, 0.05) is 43.9 Å². The first-order valence-corrected chi connectivity index (χ1v) is 10.3. The second-order valence-corrected chi connectivity index (χ2v) is 7.61. The summed E-state index contributed by atoms with van der Waals surface area (Å²) in [6.07, 6.45) is 6.10. The lowest BCUT2D eigenvalue weighted by molar-refractivity contribution is -0.133. The normalized spacial score (nSPS) is 16.0. The summed E-state index contributed by atoms with van der Waals surface area (Å²) in [6.45, 7) is 4.59. The lowest BCUT2D eigenvalue weighted by Gasteiger charge is -2.28. The third kappa shape index (κ3) is 4.33. The predicted molar refractivity (Wildman–Crippen MR) is 108 cm³/mol. The SMILES string of the molecule is CCCOCCC(=O)N1CCc2nc(NC3Cc4ccccc4C3)ncc2C1. The molecular formula is C22H28N4O2. The summed E-state index contributed by atoms with van der Waals surface area (Å²) in [7, 11) is 0. The number of ether oxygens (including phenoxy) is 1. The number of aromatic nitrogens is 2. The number of hydrogen-bond donors (Lipinski definition) is 1. The number of nitrogens with zero attached hydrogens (tertiary/aromatic N) is 3. The Balaban J connectivity index is 1.32. The molecule has 28 heavy (non-hydrogen) atoms. The lowest BCUT2D eigenvalue weighted by atomic mass is 10.1. The molecule has 1 aromatic carbocycles. The number of rotatable bonds is 7. The second-order valence-electron chi connectivity index (χ2n) is 7.61. The molecule has 0 spiro atoms. The highest BCUT2D eigenvalue weighted by Gasteiger charge is 2.24.